The van der Waals surface area contributed by atoms with E-state index in [1.54, 1.807) is 6.07 Å². The summed E-state index contributed by atoms with van der Waals surface area (Å²) in [6.45, 7) is 6.84. The molecule has 0 saturated carbocycles. The topological polar surface area (TPSA) is 64.0 Å². The van der Waals surface area contributed by atoms with Gasteiger partial charge in [0, 0.05) is 17.1 Å². The number of nitrogens with one attached hydrogen (secondary N) is 1. The quantitative estimate of drug-likeness (QED) is 0.718. The molecule has 1 aromatic carbocycles. The summed E-state index contributed by atoms with van der Waals surface area (Å²) in [5.41, 5.74) is 4.12. The van der Waals surface area contributed by atoms with Gasteiger partial charge in [0.25, 0.3) is 0 Å². The molecule has 7 heteroatoms. The zero-order valence-corrected chi connectivity index (χ0v) is 16.1. The van der Waals surface area contributed by atoms with Gasteiger partial charge in [-0.05, 0) is 50.1 Å². The van der Waals surface area contributed by atoms with E-state index in [9.17, 15) is 8.42 Å². The number of nitrogens with zero attached hydrogens (tertiary/aromatic N) is 2. The molecule has 0 atom stereocenters. The van der Waals surface area contributed by atoms with E-state index in [0.717, 1.165) is 27.4 Å². The van der Waals surface area contributed by atoms with Crippen molar-refractivity contribution in [1.82, 2.24) is 14.5 Å². The predicted octanol–water partition coefficient (Wildman–Crippen LogP) is 3.40. The van der Waals surface area contributed by atoms with Crippen LogP contribution in [-0.4, -0.2) is 18.2 Å². The van der Waals surface area contributed by atoms with E-state index in [1.807, 2.05) is 61.9 Å². The largest absolute Gasteiger partial charge is 0.265 e. The zero-order valence-electron chi connectivity index (χ0n) is 14.5. The lowest BCUT2D eigenvalue weighted by atomic mass is 10.1. The number of hydrogen-bond donors (Lipinski definition) is 1. The van der Waals surface area contributed by atoms with Crippen LogP contribution in [0.15, 0.2) is 46.7 Å². The van der Waals surface area contributed by atoms with Gasteiger partial charge in [0.15, 0.2) is 0 Å². The molecule has 0 aliphatic rings. The average Bonchev–Trinajstić information content (AvgIpc) is 3.12. The molecule has 0 bridgehead atoms. The van der Waals surface area contributed by atoms with Crippen molar-refractivity contribution in [2.75, 3.05) is 0 Å². The smallest absolute Gasteiger partial charge is 0.250 e. The van der Waals surface area contributed by atoms with E-state index in [2.05, 4.69) is 9.82 Å². The minimum absolute atomic E-state index is 0.268. The Morgan fingerprint density at radius 2 is 1.84 bits per heavy atom. The van der Waals surface area contributed by atoms with Crippen molar-refractivity contribution in [2.24, 2.45) is 0 Å². The van der Waals surface area contributed by atoms with E-state index < -0.39 is 10.0 Å². The minimum Gasteiger partial charge on any atom is -0.265 e. The number of aryl methyl sites for hydroxylation is 3. The van der Waals surface area contributed by atoms with Crippen LogP contribution in [0.4, 0.5) is 0 Å². The van der Waals surface area contributed by atoms with Crippen LogP contribution in [0.2, 0.25) is 0 Å². The molecule has 5 nitrogen and oxygen atoms in total. The van der Waals surface area contributed by atoms with Crippen LogP contribution < -0.4 is 4.72 Å². The Morgan fingerprint density at radius 3 is 2.48 bits per heavy atom. The van der Waals surface area contributed by atoms with Crippen molar-refractivity contribution in [1.29, 1.82) is 0 Å². The first-order valence-electron chi connectivity index (χ1n) is 7.98. The van der Waals surface area contributed by atoms with Gasteiger partial charge in [0.1, 0.15) is 4.21 Å². The average molecular weight is 376 g/mol. The van der Waals surface area contributed by atoms with Gasteiger partial charge in [-0.1, -0.05) is 24.3 Å². The lowest BCUT2D eigenvalue weighted by Crippen LogP contribution is -2.22. The molecule has 25 heavy (non-hydrogen) atoms. The number of rotatable bonds is 6. The minimum atomic E-state index is -3.46. The third kappa shape index (κ3) is 4.36. The second-order valence-corrected chi connectivity index (χ2v) is 9.38. The number of thiophene rings is 1. The van der Waals surface area contributed by atoms with Gasteiger partial charge in [-0.15, -0.1) is 11.3 Å². The second-order valence-electron chi connectivity index (χ2n) is 6.09. The molecule has 3 aromatic rings. The van der Waals surface area contributed by atoms with Gasteiger partial charge in [-0.3, -0.25) is 4.68 Å². The number of benzene rings is 1. The predicted molar refractivity (Wildman–Crippen MR) is 100 cm³/mol. The van der Waals surface area contributed by atoms with Crippen LogP contribution >= 0.6 is 11.3 Å². The maximum Gasteiger partial charge on any atom is 0.250 e. The summed E-state index contributed by atoms with van der Waals surface area (Å²) in [4.78, 5) is 0.979. The number of sulfonamides is 1. The van der Waals surface area contributed by atoms with Crippen molar-refractivity contribution in [3.05, 3.63) is 69.9 Å². The summed E-state index contributed by atoms with van der Waals surface area (Å²) >= 11 is 1.28. The molecule has 132 valence electrons. The van der Waals surface area contributed by atoms with E-state index in [1.165, 1.54) is 11.3 Å². The lowest BCUT2D eigenvalue weighted by Gasteiger charge is -2.08. The summed E-state index contributed by atoms with van der Waals surface area (Å²) in [6, 6.07) is 13.4. The maximum absolute atomic E-state index is 12.3. The fourth-order valence-corrected chi connectivity index (χ4v) is 5.00. The first-order chi connectivity index (χ1) is 11.8. The van der Waals surface area contributed by atoms with Crippen LogP contribution in [0, 0.1) is 20.8 Å². The number of hydrogen-bond acceptors (Lipinski definition) is 4. The summed E-state index contributed by atoms with van der Waals surface area (Å²) < 4.78 is 29.6. The molecular formula is C18H21N3O2S2. The van der Waals surface area contributed by atoms with Crippen LogP contribution in [0.3, 0.4) is 0 Å². The standard InChI is InChI=1S/C18H21N3O2S2/c1-13-9-14(2)21(20-13)12-17-6-4-5-16(10-17)11-19-25(22,23)18-8-7-15(3)24-18/h4-10,19H,11-12H2,1-3H3. The van der Waals surface area contributed by atoms with Gasteiger partial charge in [0.2, 0.25) is 10.0 Å². The Morgan fingerprint density at radius 1 is 1.08 bits per heavy atom. The highest BCUT2D eigenvalue weighted by molar-refractivity contribution is 7.91. The zero-order chi connectivity index (χ0) is 18.0. The molecule has 3 rings (SSSR count). The summed E-state index contributed by atoms with van der Waals surface area (Å²) in [5.74, 6) is 0. The van der Waals surface area contributed by atoms with Crippen LogP contribution in [0.1, 0.15) is 27.4 Å². The maximum atomic E-state index is 12.3. The SMILES string of the molecule is Cc1cc(C)n(Cc2cccc(CNS(=O)(=O)c3ccc(C)s3)c2)n1. The van der Waals surface area contributed by atoms with Gasteiger partial charge >= 0.3 is 0 Å². The number of aromatic nitrogens is 2. The molecule has 0 aliphatic carbocycles. The summed E-state index contributed by atoms with van der Waals surface area (Å²) in [5, 5.41) is 4.47. The Hall–Kier alpha value is -1.96. The molecular weight excluding hydrogens is 354 g/mol. The summed E-state index contributed by atoms with van der Waals surface area (Å²) in [6.07, 6.45) is 0. The van der Waals surface area contributed by atoms with Crippen LogP contribution in [0.5, 0.6) is 0 Å². The normalized spacial score (nSPS) is 11.8. The molecule has 0 aliphatic heterocycles. The molecule has 0 amide bonds. The molecule has 0 saturated heterocycles. The molecule has 0 radical (unpaired) electrons. The second kappa shape index (κ2) is 7.11. The Balaban J connectivity index is 1.70. The first kappa shape index (κ1) is 17.8. The van der Waals surface area contributed by atoms with Gasteiger partial charge in [-0.2, -0.15) is 5.10 Å². The van der Waals surface area contributed by atoms with Gasteiger partial charge in [-0.25, -0.2) is 13.1 Å². The molecule has 0 spiro atoms. The Labute approximate surface area is 152 Å². The van der Waals surface area contributed by atoms with Crippen molar-refractivity contribution in [3.63, 3.8) is 0 Å². The van der Waals surface area contributed by atoms with Gasteiger partial charge in [0.05, 0.1) is 12.2 Å². The Bertz CT molecular complexity index is 987. The first-order valence-corrected chi connectivity index (χ1v) is 10.3. The van der Waals surface area contributed by atoms with Gasteiger partial charge < -0.3 is 0 Å². The van der Waals surface area contributed by atoms with Crippen LogP contribution in [-0.2, 0) is 23.1 Å². The molecule has 2 aromatic heterocycles. The Kier molecular flexibility index (Phi) is 5.08. The van der Waals surface area contributed by atoms with E-state index in [4.69, 9.17) is 0 Å². The van der Waals surface area contributed by atoms with Crippen molar-refractivity contribution >= 4 is 21.4 Å². The summed E-state index contributed by atoms with van der Waals surface area (Å²) in [7, 11) is -3.46. The lowest BCUT2D eigenvalue weighted by molar-refractivity contribution is 0.583. The fourth-order valence-electron chi connectivity index (χ4n) is 2.65. The highest BCUT2D eigenvalue weighted by atomic mass is 32.2. The van der Waals surface area contributed by atoms with E-state index in [0.29, 0.717) is 10.8 Å². The highest BCUT2D eigenvalue weighted by Gasteiger charge is 2.15. The highest BCUT2D eigenvalue weighted by Crippen LogP contribution is 2.20. The molecule has 2 heterocycles. The van der Waals surface area contributed by atoms with E-state index in [-0.39, 0.29) is 6.54 Å². The third-order valence-corrected chi connectivity index (χ3v) is 6.77. The van der Waals surface area contributed by atoms with Crippen molar-refractivity contribution in [3.8, 4) is 0 Å². The van der Waals surface area contributed by atoms with Crippen molar-refractivity contribution in [2.45, 2.75) is 38.1 Å². The van der Waals surface area contributed by atoms with Crippen LogP contribution in [0.25, 0.3) is 0 Å². The molecule has 0 fully saturated rings. The van der Waals surface area contributed by atoms with E-state index >= 15 is 0 Å². The van der Waals surface area contributed by atoms with Crippen molar-refractivity contribution < 1.29 is 8.42 Å². The molecule has 0 unspecified atom stereocenters. The third-order valence-electron chi connectivity index (χ3n) is 3.87. The fraction of sp³-hybridized carbons (Fsp3) is 0.278. The monoisotopic (exact) mass is 375 g/mol. The molecule has 1 N–H and O–H groups in total.